The summed E-state index contributed by atoms with van der Waals surface area (Å²) in [5, 5.41) is 0. The number of hydrogen-bond donors (Lipinski definition) is 1. The molecule has 0 aliphatic carbocycles. The zero-order valence-electron chi connectivity index (χ0n) is 14.1. The van der Waals surface area contributed by atoms with E-state index in [-0.39, 0.29) is 0 Å². The van der Waals surface area contributed by atoms with Crippen LogP contribution < -0.4 is 19.9 Å². The van der Waals surface area contributed by atoms with Crippen molar-refractivity contribution in [2.45, 2.75) is 20.3 Å². The fourth-order valence-corrected chi connectivity index (χ4v) is 2.48. The van der Waals surface area contributed by atoms with E-state index in [1.165, 1.54) is 0 Å². The SMILES string of the molecule is COc1ccc(CCN)c(OCCOc2c(C)cccc2C)c1. The molecule has 0 aliphatic rings. The highest BCUT2D eigenvalue weighted by atomic mass is 16.5. The molecule has 0 amide bonds. The molecule has 0 saturated heterocycles. The van der Waals surface area contributed by atoms with E-state index in [0.717, 1.165) is 40.4 Å². The number of para-hydroxylation sites is 1. The van der Waals surface area contributed by atoms with Crippen molar-refractivity contribution in [1.29, 1.82) is 0 Å². The molecule has 0 fully saturated rings. The number of methoxy groups -OCH3 is 1. The predicted octanol–water partition coefficient (Wildman–Crippen LogP) is 3.27. The minimum atomic E-state index is 0.471. The molecule has 0 bridgehead atoms. The molecule has 0 heterocycles. The van der Waals surface area contributed by atoms with Crippen molar-refractivity contribution < 1.29 is 14.2 Å². The van der Waals surface area contributed by atoms with Gasteiger partial charge in [0.2, 0.25) is 0 Å². The lowest BCUT2D eigenvalue weighted by molar-refractivity contribution is 0.214. The smallest absolute Gasteiger partial charge is 0.126 e. The highest BCUT2D eigenvalue weighted by Crippen LogP contribution is 2.26. The molecule has 0 saturated carbocycles. The Hall–Kier alpha value is -2.20. The van der Waals surface area contributed by atoms with Crippen molar-refractivity contribution in [3.63, 3.8) is 0 Å². The van der Waals surface area contributed by atoms with Crippen molar-refractivity contribution in [1.82, 2.24) is 0 Å². The number of hydrogen-bond acceptors (Lipinski definition) is 4. The van der Waals surface area contributed by atoms with Gasteiger partial charge < -0.3 is 19.9 Å². The third-order valence-corrected chi connectivity index (χ3v) is 3.68. The molecule has 4 nitrogen and oxygen atoms in total. The van der Waals surface area contributed by atoms with Crippen LogP contribution in [0.3, 0.4) is 0 Å². The standard InChI is InChI=1S/C19H25NO3/c1-14-5-4-6-15(2)19(14)23-12-11-22-18-13-17(21-3)8-7-16(18)9-10-20/h4-8,13H,9-12,20H2,1-3H3. The number of benzene rings is 2. The molecule has 4 heteroatoms. The van der Waals surface area contributed by atoms with Crippen molar-refractivity contribution in [2.75, 3.05) is 26.9 Å². The van der Waals surface area contributed by atoms with Crippen LogP contribution in [0.1, 0.15) is 16.7 Å². The number of aryl methyl sites for hydroxylation is 2. The van der Waals surface area contributed by atoms with Gasteiger partial charge in [-0.25, -0.2) is 0 Å². The number of nitrogens with two attached hydrogens (primary N) is 1. The molecule has 0 aromatic heterocycles. The van der Waals surface area contributed by atoms with Gasteiger partial charge in [-0.2, -0.15) is 0 Å². The fraction of sp³-hybridized carbons (Fsp3) is 0.368. The minimum Gasteiger partial charge on any atom is -0.497 e. The molecule has 2 rings (SSSR count). The molecule has 2 aromatic carbocycles. The monoisotopic (exact) mass is 315 g/mol. The van der Waals surface area contributed by atoms with E-state index in [1.807, 2.05) is 50.2 Å². The maximum atomic E-state index is 5.87. The van der Waals surface area contributed by atoms with Crippen LogP contribution in [0.4, 0.5) is 0 Å². The molecule has 0 spiro atoms. The van der Waals surface area contributed by atoms with Gasteiger partial charge in [0.25, 0.3) is 0 Å². The normalized spacial score (nSPS) is 10.4. The summed E-state index contributed by atoms with van der Waals surface area (Å²) in [6, 6.07) is 11.9. The number of ether oxygens (including phenoxy) is 3. The van der Waals surface area contributed by atoms with Gasteiger partial charge in [0.05, 0.1) is 7.11 Å². The summed E-state index contributed by atoms with van der Waals surface area (Å²) < 4.78 is 17.0. The van der Waals surface area contributed by atoms with E-state index in [4.69, 9.17) is 19.9 Å². The molecular weight excluding hydrogens is 290 g/mol. The highest BCUT2D eigenvalue weighted by molar-refractivity contribution is 5.41. The molecule has 0 aliphatic heterocycles. The van der Waals surface area contributed by atoms with Crippen LogP contribution in [0.2, 0.25) is 0 Å². The Morgan fingerprint density at radius 2 is 1.65 bits per heavy atom. The number of rotatable bonds is 8. The first-order chi connectivity index (χ1) is 11.2. The molecule has 2 aromatic rings. The minimum absolute atomic E-state index is 0.471. The average molecular weight is 315 g/mol. The second kappa shape index (κ2) is 8.44. The van der Waals surface area contributed by atoms with Gasteiger partial charge >= 0.3 is 0 Å². The average Bonchev–Trinajstić information content (AvgIpc) is 2.55. The van der Waals surface area contributed by atoms with Gasteiger partial charge in [0.15, 0.2) is 0 Å². The lowest BCUT2D eigenvalue weighted by atomic mass is 10.1. The van der Waals surface area contributed by atoms with Crippen LogP contribution in [-0.4, -0.2) is 26.9 Å². The Morgan fingerprint density at radius 3 is 2.30 bits per heavy atom. The summed E-state index contributed by atoms with van der Waals surface area (Å²) in [5.41, 5.74) is 9.01. The maximum Gasteiger partial charge on any atom is 0.126 e. The first kappa shape index (κ1) is 17.2. The molecular formula is C19H25NO3. The van der Waals surface area contributed by atoms with Crippen LogP contribution in [0.15, 0.2) is 36.4 Å². The van der Waals surface area contributed by atoms with Gasteiger partial charge in [-0.05, 0) is 49.6 Å². The summed E-state index contributed by atoms with van der Waals surface area (Å²) in [7, 11) is 1.64. The Bertz CT molecular complexity index is 620. The van der Waals surface area contributed by atoms with E-state index < -0.39 is 0 Å². The predicted molar refractivity (Wildman–Crippen MR) is 92.7 cm³/mol. The van der Waals surface area contributed by atoms with Gasteiger partial charge in [-0.3, -0.25) is 0 Å². The second-order valence-electron chi connectivity index (χ2n) is 5.43. The van der Waals surface area contributed by atoms with Crippen LogP contribution in [0, 0.1) is 13.8 Å². The lowest BCUT2D eigenvalue weighted by Crippen LogP contribution is -2.12. The van der Waals surface area contributed by atoms with E-state index in [0.29, 0.717) is 19.8 Å². The van der Waals surface area contributed by atoms with E-state index >= 15 is 0 Å². The summed E-state index contributed by atoms with van der Waals surface area (Å²) in [4.78, 5) is 0. The summed E-state index contributed by atoms with van der Waals surface area (Å²) in [6.07, 6.45) is 0.775. The van der Waals surface area contributed by atoms with Gasteiger partial charge in [-0.1, -0.05) is 24.3 Å². The van der Waals surface area contributed by atoms with Crippen molar-refractivity contribution in [3.8, 4) is 17.2 Å². The van der Waals surface area contributed by atoms with Crippen molar-refractivity contribution in [3.05, 3.63) is 53.1 Å². The Balaban J connectivity index is 1.95. The van der Waals surface area contributed by atoms with E-state index in [1.54, 1.807) is 7.11 Å². The Labute approximate surface area is 138 Å². The van der Waals surface area contributed by atoms with Gasteiger partial charge in [0.1, 0.15) is 30.5 Å². The topological polar surface area (TPSA) is 53.7 Å². The van der Waals surface area contributed by atoms with Crippen LogP contribution in [0.25, 0.3) is 0 Å². The van der Waals surface area contributed by atoms with Gasteiger partial charge in [-0.15, -0.1) is 0 Å². The van der Waals surface area contributed by atoms with E-state index in [2.05, 4.69) is 0 Å². The second-order valence-corrected chi connectivity index (χ2v) is 5.43. The van der Waals surface area contributed by atoms with Crippen molar-refractivity contribution >= 4 is 0 Å². The maximum absolute atomic E-state index is 5.87. The zero-order valence-corrected chi connectivity index (χ0v) is 14.1. The molecule has 2 N–H and O–H groups in total. The third-order valence-electron chi connectivity index (χ3n) is 3.68. The molecule has 0 radical (unpaired) electrons. The fourth-order valence-electron chi connectivity index (χ4n) is 2.48. The molecule has 23 heavy (non-hydrogen) atoms. The summed E-state index contributed by atoms with van der Waals surface area (Å²) in [5.74, 6) is 2.51. The summed E-state index contributed by atoms with van der Waals surface area (Å²) >= 11 is 0. The highest BCUT2D eigenvalue weighted by Gasteiger charge is 2.07. The largest absolute Gasteiger partial charge is 0.497 e. The Kier molecular flexibility index (Phi) is 6.29. The first-order valence-electron chi connectivity index (χ1n) is 7.84. The van der Waals surface area contributed by atoms with Crippen LogP contribution in [-0.2, 0) is 6.42 Å². The Morgan fingerprint density at radius 1 is 0.957 bits per heavy atom. The van der Waals surface area contributed by atoms with Gasteiger partial charge in [0, 0.05) is 6.07 Å². The van der Waals surface area contributed by atoms with E-state index in [9.17, 15) is 0 Å². The summed E-state index contributed by atoms with van der Waals surface area (Å²) in [6.45, 7) is 5.64. The molecule has 0 unspecified atom stereocenters. The first-order valence-corrected chi connectivity index (χ1v) is 7.84. The lowest BCUT2D eigenvalue weighted by Gasteiger charge is -2.15. The quantitative estimate of drug-likeness (QED) is 0.760. The van der Waals surface area contributed by atoms with Crippen LogP contribution >= 0.6 is 0 Å². The molecule has 0 atom stereocenters. The van der Waals surface area contributed by atoms with Crippen LogP contribution in [0.5, 0.6) is 17.2 Å². The molecule has 124 valence electrons. The van der Waals surface area contributed by atoms with Crippen molar-refractivity contribution in [2.24, 2.45) is 5.73 Å². The zero-order chi connectivity index (χ0) is 16.7. The third kappa shape index (κ3) is 4.63.